The number of nitrogens with one attached hydrogen (secondary N) is 2. The largest absolute Gasteiger partial charge is 0.331 e. The number of anilines is 1. The van der Waals surface area contributed by atoms with Crippen LogP contribution in [0.1, 0.15) is 11.1 Å². The Labute approximate surface area is 122 Å². The van der Waals surface area contributed by atoms with Crippen LogP contribution in [0.3, 0.4) is 0 Å². The maximum Gasteiger partial charge on any atom is 0.191 e. The summed E-state index contributed by atoms with van der Waals surface area (Å²) in [5.74, 6) is -0.272. The standard InChI is InChI=1S/C15H14FN3S/c1-11-2-8-14(9-3-11)18-15(20)19-17-10-12-4-6-13(16)7-5-12/h2-10H,1H3,(H2,18,19,20)/b17-10+. The molecule has 0 bridgehead atoms. The number of aryl methyl sites for hydroxylation is 1. The molecule has 5 heteroatoms. The molecule has 2 aromatic rings. The molecule has 3 nitrogen and oxygen atoms in total. The van der Waals surface area contributed by atoms with E-state index in [4.69, 9.17) is 12.2 Å². The first-order valence-electron chi connectivity index (χ1n) is 6.06. The minimum Gasteiger partial charge on any atom is -0.331 e. The highest BCUT2D eigenvalue weighted by atomic mass is 32.1. The third-order valence-electron chi connectivity index (χ3n) is 2.56. The molecule has 2 N–H and O–H groups in total. The van der Waals surface area contributed by atoms with Gasteiger partial charge in [0, 0.05) is 5.69 Å². The monoisotopic (exact) mass is 287 g/mol. The van der Waals surface area contributed by atoms with Crippen molar-refractivity contribution in [3.63, 3.8) is 0 Å². The zero-order valence-corrected chi connectivity index (χ0v) is 11.7. The van der Waals surface area contributed by atoms with Crippen molar-refractivity contribution in [2.45, 2.75) is 6.92 Å². The summed E-state index contributed by atoms with van der Waals surface area (Å²) in [5, 5.41) is 7.39. The maximum absolute atomic E-state index is 12.7. The van der Waals surface area contributed by atoms with Crippen molar-refractivity contribution >= 4 is 29.2 Å². The van der Waals surface area contributed by atoms with Crippen LogP contribution in [0.25, 0.3) is 0 Å². The molecule has 0 unspecified atom stereocenters. The Balaban J connectivity index is 1.85. The SMILES string of the molecule is Cc1ccc(NC(=S)N/N=C/c2ccc(F)cc2)cc1. The second-order valence-corrected chi connectivity index (χ2v) is 4.65. The van der Waals surface area contributed by atoms with Crippen LogP contribution in [0.4, 0.5) is 10.1 Å². The van der Waals surface area contributed by atoms with Crippen molar-refractivity contribution < 1.29 is 4.39 Å². The number of thiocarbonyl (C=S) groups is 1. The summed E-state index contributed by atoms with van der Waals surface area (Å²) < 4.78 is 12.7. The summed E-state index contributed by atoms with van der Waals surface area (Å²) in [7, 11) is 0. The van der Waals surface area contributed by atoms with Crippen LogP contribution < -0.4 is 10.7 Å². The van der Waals surface area contributed by atoms with Crippen molar-refractivity contribution in [3.05, 3.63) is 65.5 Å². The molecule has 2 aromatic carbocycles. The summed E-state index contributed by atoms with van der Waals surface area (Å²) in [6, 6.07) is 13.9. The maximum atomic E-state index is 12.7. The molecule has 0 spiro atoms. The summed E-state index contributed by atoms with van der Waals surface area (Å²) in [6.07, 6.45) is 1.57. The van der Waals surface area contributed by atoms with Gasteiger partial charge >= 0.3 is 0 Å². The van der Waals surface area contributed by atoms with Gasteiger partial charge in [0.1, 0.15) is 5.82 Å². The van der Waals surface area contributed by atoms with Crippen LogP contribution in [0, 0.1) is 12.7 Å². The highest BCUT2D eigenvalue weighted by Gasteiger charge is 1.95. The molecule has 0 radical (unpaired) electrons. The predicted molar refractivity (Wildman–Crippen MR) is 84.5 cm³/mol. The zero-order valence-electron chi connectivity index (χ0n) is 10.9. The highest BCUT2D eigenvalue weighted by Crippen LogP contribution is 2.08. The van der Waals surface area contributed by atoms with Gasteiger partial charge < -0.3 is 5.32 Å². The Morgan fingerprint density at radius 2 is 1.75 bits per heavy atom. The molecule has 0 aliphatic rings. The number of hydrogen-bond donors (Lipinski definition) is 2. The number of benzene rings is 2. The van der Waals surface area contributed by atoms with E-state index in [9.17, 15) is 4.39 Å². The predicted octanol–water partition coefficient (Wildman–Crippen LogP) is 3.45. The molecular weight excluding hydrogens is 273 g/mol. The minimum atomic E-state index is -0.272. The lowest BCUT2D eigenvalue weighted by atomic mass is 10.2. The van der Waals surface area contributed by atoms with Crippen molar-refractivity contribution in [2.75, 3.05) is 5.32 Å². The van der Waals surface area contributed by atoms with E-state index >= 15 is 0 Å². The number of halogens is 1. The molecular formula is C15H14FN3S. The van der Waals surface area contributed by atoms with Gasteiger partial charge in [-0.2, -0.15) is 5.10 Å². The van der Waals surface area contributed by atoms with E-state index in [2.05, 4.69) is 15.8 Å². The number of rotatable bonds is 3. The first-order chi connectivity index (χ1) is 9.63. The van der Waals surface area contributed by atoms with Gasteiger partial charge in [0.15, 0.2) is 5.11 Å². The van der Waals surface area contributed by atoms with E-state index in [1.54, 1.807) is 18.3 Å². The van der Waals surface area contributed by atoms with E-state index < -0.39 is 0 Å². The average Bonchev–Trinajstić information content (AvgIpc) is 2.44. The smallest absolute Gasteiger partial charge is 0.191 e. The van der Waals surface area contributed by atoms with Crippen LogP contribution >= 0.6 is 12.2 Å². The number of hydrazone groups is 1. The van der Waals surface area contributed by atoms with Gasteiger partial charge in [-0.3, -0.25) is 5.43 Å². The summed E-state index contributed by atoms with van der Waals surface area (Å²) in [5.41, 5.74) is 5.57. The van der Waals surface area contributed by atoms with Gasteiger partial charge in [0.05, 0.1) is 6.21 Å². The first-order valence-corrected chi connectivity index (χ1v) is 6.46. The molecule has 2 rings (SSSR count). The lowest BCUT2D eigenvalue weighted by molar-refractivity contribution is 0.628. The molecule has 0 saturated heterocycles. The topological polar surface area (TPSA) is 36.4 Å². The van der Waals surface area contributed by atoms with Crippen LogP contribution in [0.15, 0.2) is 53.6 Å². The quantitative estimate of drug-likeness (QED) is 0.516. The molecule has 0 aliphatic heterocycles. The zero-order chi connectivity index (χ0) is 14.4. The fourth-order valence-electron chi connectivity index (χ4n) is 1.51. The van der Waals surface area contributed by atoms with E-state index in [1.807, 2.05) is 31.2 Å². The molecule has 0 aliphatic carbocycles. The van der Waals surface area contributed by atoms with E-state index in [0.29, 0.717) is 5.11 Å². The van der Waals surface area contributed by atoms with Gasteiger partial charge in [0.2, 0.25) is 0 Å². The van der Waals surface area contributed by atoms with Crippen LogP contribution in [-0.2, 0) is 0 Å². The van der Waals surface area contributed by atoms with Crippen LogP contribution in [-0.4, -0.2) is 11.3 Å². The molecule has 102 valence electrons. The second kappa shape index (κ2) is 6.77. The molecule has 0 aromatic heterocycles. The van der Waals surface area contributed by atoms with Gasteiger partial charge in [-0.15, -0.1) is 0 Å². The van der Waals surface area contributed by atoms with Gasteiger partial charge in [-0.25, -0.2) is 4.39 Å². The first kappa shape index (κ1) is 14.1. The van der Waals surface area contributed by atoms with Gasteiger partial charge in [0.25, 0.3) is 0 Å². The number of nitrogens with zero attached hydrogens (tertiary/aromatic N) is 1. The van der Waals surface area contributed by atoms with Gasteiger partial charge in [-0.05, 0) is 49.0 Å². The lowest BCUT2D eigenvalue weighted by Crippen LogP contribution is -2.23. The van der Waals surface area contributed by atoms with Crippen LogP contribution in [0.5, 0.6) is 0 Å². The molecule has 0 amide bonds. The van der Waals surface area contributed by atoms with Gasteiger partial charge in [-0.1, -0.05) is 29.8 Å². The minimum absolute atomic E-state index is 0.272. The molecule has 0 heterocycles. The van der Waals surface area contributed by atoms with Crippen molar-refractivity contribution in [1.29, 1.82) is 0 Å². The molecule has 0 saturated carbocycles. The Bertz CT molecular complexity index is 606. The normalized spacial score (nSPS) is 10.5. The van der Waals surface area contributed by atoms with E-state index in [1.165, 1.54) is 17.7 Å². The third-order valence-corrected chi connectivity index (χ3v) is 2.75. The summed E-state index contributed by atoms with van der Waals surface area (Å²) >= 11 is 5.11. The summed E-state index contributed by atoms with van der Waals surface area (Å²) in [4.78, 5) is 0. The average molecular weight is 287 g/mol. The Hall–Kier alpha value is -2.27. The van der Waals surface area contributed by atoms with Crippen LogP contribution in [0.2, 0.25) is 0 Å². The lowest BCUT2D eigenvalue weighted by Gasteiger charge is -2.06. The fourth-order valence-corrected chi connectivity index (χ4v) is 1.68. The molecule has 0 fully saturated rings. The molecule has 20 heavy (non-hydrogen) atoms. The summed E-state index contributed by atoms with van der Waals surface area (Å²) in [6.45, 7) is 2.02. The highest BCUT2D eigenvalue weighted by molar-refractivity contribution is 7.80. The van der Waals surface area contributed by atoms with Crippen molar-refractivity contribution in [2.24, 2.45) is 5.10 Å². The number of hydrogen-bond acceptors (Lipinski definition) is 2. The second-order valence-electron chi connectivity index (χ2n) is 4.24. The third kappa shape index (κ3) is 4.44. The van der Waals surface area contributed by atoms with E-state index in [-0.39, 0.29) is 5.82 Å². The molecule has 0 atom stereocenters. The van der Waals surface area contributed by atoms with Crippen molar-refractivity contribution in [3.8, 4) is 0 Å². The Kier molecular flexibility index (Phi) is 4.79. The van der Waals surface area contributed by atoms with E-state index in [0.717, 1.165) is 11.3 Å². The Morgan fingerprint density at radius 1 is 1.10 bits per heavy atom. The van der Waals surface area contributed by atoms with Crippen molar-refractivity contribution in [1.82, 2.24) is 5.43 Å². The fraction of sp³-hybridized carbons (Fsp3) is 0.0667. The Morgan fingerprint density at radius 3 is 2.40 bits per heavy atom.